The molecule has 1 heterocycles. The first kappa shape index (κ1) is 27.8. The summed E-state index contributed by atoms with van der Waals surface area (Å²) in [5.74, 6) is 1.02. The van der Waals surface area contributed by atoms with Gasteiger partial charge in [-0.3, -0.25) is 4.79 Å². The van der Waals surface area contributed by atoms with Gasteiger partial charge < -0.3 is 20.3 Å². The van der Waals surface area contributed by atoms with E-state index in [1.807, 2.05) is 70.2 Å². The van der Waals surface area contributed by atoms with Gasteiger partial charge in [-0.1, -0.05) is 58.9 Å². The average Bonchev–Trinajstić information content (AvgIpc) is 3.24. The maximum atomic E-state index is 13.2. The number of anilines is 2. The number of nitrogens with one attached hydrogen (secondary N) is 2. The summed E-state index contributed by atoms with van der Waals surface area (Å²) in [5.41, 5.74) is 3.17. The first-order valence-electron chi connectivity index (χ1n) is 12.7. The molecule has 0 fully saturated rings. The largest absolute Gasteiger partial charge is 0.492 e. The Morgan fingerprint density at radius 2 is 1.78 bits per heavy atom. The summed E-state index contributed by atoms with van der Waals surface area (Å²) in [6.07, 6.45) is 0. The summed E-state index contributed by atoms with van der Waals surface area (Å²) in [5, 5.41) is 10.7. The topological polar surface area (TPSA) is 88.5 Å². The van der Waals surface area contributed by atoms with Crippen molar-refractivity contribution in [2.45, 2.75) is 53.9 Å². The number of ether oxygens (including phenoxy) is 1. The van der Waals surface area contributed by atoms with Crippen molar-refractivity contribution in [3.8, 4) is 11.4 Å². The number of aryl methyl sites for hydroxylation is 1. The van der Waals surface area contributed by atoms with Gasteiger partial charge in [0, 0.05) is 18.0 Å². The molecule has 8 heteroatoms. The molecule has 198 valence electrons. The van der Waals surface area contributed by atoms with Crippen LogP contribution >= 0.6 is 0 Å². The van der Waals surface area contributed by atoms with Crippen LogP contribution in [0.5, 0.6) is 5.75 Å². The summed E-state index contributed by atoms with van der Waals surface area (Å²) in [6.45, 7) is 15.0. The Bertz CT molecular complexity index is 1230. The highest BCUT2D eigenvalue weighted by molar-refractivity contribution is 5.97. The molecule has 37 heavy (non-hydrogen) atoms. The minimum atomic E-state index is -0.362. The molecule has 2 aromatic carbocycles. The maximum Gasteiger partial charge on any atom is 0.322 e. The van der Waals surface area contributed by atoms with Crippen molar-refractivity contribution in [1.82, 2.24) is 14.7 Å². The minimum Gasteiger partial charge on any atom is -0.492 e. The lowest BCUT2D eigenvalue weighted by Crippen LogP contribution is -2.42. The van der Waals surface area contributed by atoms with Gasteiger partial charge in [0.2, 0.25) is 5.91 Å². The van der Waals surface area contributed by atoms with E-state index in [1.54, 1.807) is 16.8 Å². The van der Waals surface area contributed by atoms with Crippen molar-refractivity contribution in [3.05, 3.63) is 65.9 Å². The fourth-order valence-corrected chi connectivity index (χ4v) is 3.85. The van der Waals surface area contributed by atoms with E-state index in [9.17, 15) is 9.59 Å². The number of nitrogens with zero attached hydrogens (tertiary/aromatic N) is 3. The van der Waals surface area contributed by atoms with Crippen LogP contribution in [0.1, 0.15) is 52.8 Å². The molecule has 0 bridgehead atoms. The van der Waals surface area contributed by atoms with Crippen molar-refractivity contribution in [1.29, 1.82) is 0 Å². The summed E-state index contributed by atoms with van der Waals surface area (Å²) in [6, 6.07) is 16.7. The van der Waals surface area contributed by atoms with Crippen molar-refractivity contribution >= 4 is 23.4 Å². The standard InChI is InChI=1S/C29H39N5O3/c1-8-37-24-15-10-9-14-23(24)30-28(36)33(18-20(2)3)19-27(35)31-26-17-25(29(5,6)7)32-34(26)22-13-11-12-21(4)16-22/h9-17,20H,8,18-19H2,1-7H3,(H,30,36)(H,31,35). The summed E-state index contributed by atoms with van der Waals surface area (Å²) in [4.78, 5) is 28.0. The third-order valence-electron chi connectivity index (χ3n) is 5.63. The van der Waals surface area contributed by atoms with E-state index in [2.05, 4.69) is 31.4 Å². The quantitative estimate of drug-likeness (QED) is 0.373. The fraction of sp³-hybridized carbons (Fsp3) is 0.414. The van der Waals surface area contributed by atoms with Crippen molar-refractivity contribution in [2.24, 2.45) is 5.92 Å². The van der Waals surface area contributed by atoms with E-state index in [-0.39, 0.29) is 29.8 Å². The summed E-state index contributed by atoms with van der Waals surface area (Å²) in [7, 11) is 0. The van der Waals surface area contributed by atoms with E-state index in [0.29, 0.717) is 30.4 Å². The van der Waals surface area contributed by atoms with Gasteiger partial charge in [-0.2, -0.15) is 5.10 Å². The second kappa shape index (κ2) is 12.0. The van der Waals surface area contributed by atoms with Crippen LogP contribution in [0.25, 0.3) is 5.69 Å². The van der Waals surface area contributed by atoms with Crippen LogP contribution in [0, 0.1) is 12.8 Å². The molecule has 0 radical (unpaired) electrons. The minimum absolute atomic E-state index is 0.106. The van der Waals surface area contributed by atoms with Gasteiger partial charge in [-0.15, -0.1) is 0 Å². The average molecular weight is 506 g/mol. The molecule has 2 N–H and O–H groups in total. The van der Waals surface area contributed by atoms with E-state index < -0.39 is 0 Å². The number of hydrogen-bond donors (Lipinski definition) is 2. The Balaban J connectivity index is 1.83. The van der Waals surface area contributed by atoms with Gasteiger partial charge >= 0.3 is 6.03 Å². The normalized spacial score (nSPS) is 11.4. The molecule has 8 nitrogen and oxygen atoms in total. The fourth-order valence-electron chi connectivity index (χ4n) is 3.85. The Labute approximate surface area is 220 Å². The molecule has 0 aliphatic carbocycles. The number of rotatable bonds is 9. The van der Waals surface area contributed by atoms with Crippen LogP contribution in [0.4, 0.5) is 16.3 Å². The molecule has 3 rings (SSSR count). The highest BCUT2D eigenvalue weighted by Gasteiger charge is 2.24. The van der Waals surface area contributed by atoms with Crippen LogP contribution in [0.3, 0.4) is 0 Å². The Kier molecular flexibility index (Phi) is 8.97. The van der Waals surface area contributed by atoms with Crippen LogP contribution < -0.4 is 15.4 Å². The molecule has 3 amide bonds. The first-order chi connectivity index (χ1) is 17.5. The van der Waals surface area contributed by atoms with Crippen molar-refractivity contribution in [3.63, 3.8) is 0 Å². The van der Waals surface area contributed by atoms with E-state index in [0.717, 1.165) is 16.9 Å². The Morgan fingerprint density at radius 1 is 1.05 bits per heavy atom. The molecule has 0 atom stereocenters. The van der Waals surface area contributed by atoms with Gasteiger partial charge in [0.25, 0.3) is 0 Å². The zero-order chi connectivity index (χ0) is 27.2. The molecule has 0 saturated carbocycles. The molecule has 0 unspecified atom stereocenters. The van der Waals surface area contributed by atoms with E-state index in [4.69, 9.17) is 9.84 Å². The second-order valence-electron chi connectivity index (χ2n) is 10.6. The lowest BCUT2D eigenvalue weighted by atomic mass is 9.92. The van der Waals surface area contributed by atoms with Gasteiger partial charge in [-0.25, -0.2) is 9.48 Å². The Morgan fingerprint density at radius 3 is 2.43 bits per heavy atom. The molecule has 0 spiro atoms. The molecular formula is C29H39N5O3. The third kappa shape index (κ3) is 7.59. The number of aromatic nitrogens is 2. The third-order valence-corrected chi connectivity index (χ3v) is 5.63. The highest BCUT2D eigenvalue weighted by Crippen LogP contribution is 2.27. The number of amides is 3. The number of benzene rings is 2. The number of urea groups is 1. The van der Waals surface area contributed by atoms with Gasteiger partial charge in [0.15, 0.2) is 0 Å². The molecule has 0 saturated heterocycles. The molecule has 3 aromatic rings. The maximum absolute atomic E-state index is 13.2. The van der Waals surface area contributed by atoms with E-state index in [1.165, 1.54) is 4.90 Å². The van der Waals surface area contributed by atoms with Crippen molar-refractivity contribution < 1.29 is 14.3 Å². The smallest absolute Gasteiger partial charge is 0.322 e. The highest BCUT2D eigenvalue weighted by atomic mass is 16.5. The van der Waals surface area contributed by atoms with Gasteiger partial charge in [0.05, 0.1) is 23.7 Å². The molecule has 0 aliphatic heterocycles. The van der Waals surface area contributed by atoms with Crippen LogP contribution in [0.2, 0.25) is 0 Å². The molecule has 0 aliphatic rings. The SMILES string of the molecule is CCOc1ccccc1NC(=O)N(CC(=O)Nc1cc(C(C)(C)C)nn1-c1cccc(C)c1)CC(C)C. The monoisotopic (exact) mass is 505 g/mol. The van der Waals surface area contributed by atoms with Crippen LogP contribution in [-0.4, -0.2) is 46.3 Å². The zero-order valence-electron chi connectivity index (χ0n) is 23.0. The second-order valence-corrected chi connectivity index (χ2v) is 10.6. The number of hydrogen-bond acceptors (Lipinski definition) is 4. The number of carbonyl (C=O) groups is 2. The predicted octanol–water partition coefficient (Wildman–Crippen LogP) is 6.01. The summed E-state index contributed by atoms with van der Waals surface area (Å²) >= 11 is 0. The predicted molar refractivity (Wildman–Crippen MR) is 149 cm³/mol. The van der Waals surface area contributed by atoms with Crippen LogP contribution in [0.15, 0.2) is 54.6 Å². The lowest BCUT2D eigenvalue weighted by Gasteiger charge is -2.25. The molecule has 1 aromatic heterocycles. The number of para-hydroxylation sites is 2. The van der Waals surface area contributed by atoms with Crippen LogP contribution in [-0.2, 0) is 10.2 Å². The van der Waals surface area contributed by atoms with Gasteiger partial charge in [-0.05, 0) is 49.6 Å². The Hall–Kier alpha value is -3.81. The number of carbonyl (C=O) groups excluding carboxylic acids is 2. The lowest BCUT2D eigenvalue weighted by molar-refractivity contribution is -0.116. The zero-order valence-corrected chi connectivity index (χ0v) is 23.0. The summed E-state index contributed by atoms with van der Waals surface area (Å²) < 4.78 is 7.38. The van der Waals surface area contributed by atoms with Gasteiger partial charge in [0.1, 0.15) is 18.1 Å². The van der Waals surface area contributed by atoms with Crippen molar-refractivity contribution in [2.75, 3.05) is 30.3 Å². The van der Waals surface area contributed by atoms with E-state index >= 15 is 0 Å². The first-order valence-corrected chi connectivity index (χ1v) is 12.7. The molecular weight excluding hydrogens is 466 g/mol.